The van der Waals surface area contributed by atoms with Gasteiger partial charge in [-0.15, -0.1) is 0 Å². The molecular weight excluding hydrogens is 200 g/mol. The van der Waals surface area contributed by atoms with Crippen LogP contribution in [0.15, 0.2) is 12.4 Å². The summed E-state index contributed by atoms with van der Waals surface area (Å²) in [6, 6.07) is 2.05. The summed E-state index contributed by atoms with van der Waals surface area (Å²) in [5.74, 6) is 0.0476. The van der Waals surface area contributed by atoms with Gasteiger partial charge in [-0.25, -0.2) is 0 Å². The van der Waals surface area contributed by atoms with Crippen LogP contribution in [0.3, 0.4) is 0 Å². The van der Waals surface area contributed by atoms with Crippen molar-refractivity contribution in [2.24, 2.45) is 5.41 Å². The molecule has 1 aromatic heterocycles. The van der Waals surface area contributed by atoms with E-state index in [4.69, 9.17) is 5.26 Å². The summed E-state index contributed by atoms with van der Waals surface area (Å²) < 4.78 is 0. The van der Waals surface area contributed by atoms with Crippen molar-refractivity contribution in [3.63, 3.8) is 0 Å². The average Bonchev–Trinajstić information content (AvgIpc) is 2.38. The van der Waals surface area contributed by atoms with Crippen molar-refractivity contribution in [2.45, 2.75) is 33.1 Å². The van der Waals surface area contributed by atoms with Gasteiger partial charge in [-0.05, 0) is 5.56 Å². The topological polar surface area (TPSA) is 53.8 Å². The van der Waals surface area contributed by atoms with Crippen LogP contribution >= 0.6 is 0 Å². The van der Waals surface area contributed by atoms with Crippen LogP contribution in [0.2, 0.25) is 0 Å². The second-order valence-electron chi connectivity index (χ2n) is 5.30. The molecule has 0 atom stereocenters. The molecule has 0 fully saturated rings. The van der Waals surface area contributed by atoms with Crippen molar-refractivity contribution in [2.75, 3.05) is 0 Å². The second kappa shape index (κ2) is 2.91. The van der Waals surface area contributed by atoms with Gasteiger partial charge in [0.25, 0.3) is 0 Å². The van der Waals surface area contributed by atoms with Crippen molar-refractivity contribution in [3.8, 4) is 6.07 Å². The van der Waals surface area contributed by atoms with Gasteiger partial charge < -0.3 is 0 Å². The normalized spacial score (nSPS) is 20.3. The lowest BCUT2D eigenvalue weighted by molar-refractivity contribution is 0.0779. The molecule has 0 saturated carbocycles. The number of carbonyl (C=O) groups is 1. The Kier molecular flexibility index (Phi) is 1.97. The number of carbonyl (C=O) groups excluding carboxylic acids is 1. The van der Waals surface area contributed by atoms with Crippen molar-refractivity contribution in [1.82, 2.24) is 4.98 Å². The molecule has 0 radical (unpaired) electrons. The first-order valence-electron chi connectivity index (χ1n) is 5.27. The standard InChI is InChI=1S/C13H14N2O/c1-12(2)9-7-15-6-8(5-14)10(9)11(16)13(12,3)4/h6-7H,1-4H3. The molecule has 0 saturated heterocycles. The predicted octanol–water partition coefficient (Wildman–Crippen LogP) is 2.45. The van der Waals surface area contributed by atoms with Crippen LogP contribution in [-0.2, 0) is 5.41 Å². The molecule has 0 aromatic carbocycles. The summed E-state index contributed by atoms with van der Waals surface area (Å²) in [5.41, 5.74) is 1.08. The molecular formula is C13H14N2O. The molecule has 0 aliphatic heterocycles. The Bertz CT molecular complexity index is 521. The van der Waals surface area contributed by atoms with Gasteiger partial charge in [-0.3, -0.25) is 9.78 Å². The number of Topliss-reactive ketones (excluding diaryl/α,β-unsaturated/α-hetero) is 1. The number of hydrogen-bond donors (Lipinski definition) is 0. The van der Waals surface area contributed by atoms with E-state index in [2.05, 4.69) is 4.98 Å². The number of fused-ring (bicyclic) bond motifs is 1. The van der Waals surface area contributed by atoms with E-state index in [-0.39, 0.29) is 11.2 Å². The number of pyridine rings is 1. The highest BCUT2D eigenvalue weighted by Crippen LogP contribution is 2.51. The molecule has 0 amide bonds. The van der Waals surface area contributed by atoms with E-state index in [0.717, 1.165) is 5.56 Å². The lowest BCUT2D eigenvalue weighted by atomic mass is 9.68. The van der Waals surface area contributed by atoms with E-state index < -0.39 is 5.41 Å². The maximum atomic E-state index is 12.3. The Hall–Kier alpha value is -1.69. The molecule has 1 aliphatic carbocycles. The van der Waals surface area contributed by atoms with E-state index in [0.29, 0.717) is 11.1 Å². The third-order valence-electron chi connectivity index (χ3n) is 4.10. The highest BCUT2D eigenvalue weighted by Gasteiger charge is 2.53. The molecule has 0 bridgehead atoms. The maximum Gasteiger partial charge on any atom is 0.171 e. The van der Waals surface area contributed by atoms with Crippen molar-refractivity contribution < 1.29 is 4.79 Å². The third-order valence-corrected chi connectivity index (χ3v) is 4.10. The number of aromatic nitrogens is 1. The molecule has 1 aromatic rings. The number of ketones is 1. The molecule has 0 spiro atoms. The van der Waals surface area contributed by atoms with Gasteiger partial charge >= 0.3 is 0 Å². The first-order chi connectivity index (χ1) is 7.34. The first-order valence-corrected chi connectivity index (χ1v) is 5.27. The van der Waals surface area contributed by atoms with E-state index >= 15 is 0 Å². The molecule has 0 N–H and O–H groups in total. The minimum atomic E-state index is -0.482. The van der Waals surface area contributed by atoms with E-state index in [1.807, 2.05) is 33.8 Å². The zero-order valence-corrected chi connectivity index (χ0v) is 9.96. The zero-order valence-electron chi connectivity index (χ0n) is 9.96. The van der Waals surface area contributed by atoms with Gasteiger partial charge in [-0.1, -0.05) is 27.7 Å². The summed E-state index contributed by atoms with van der Waals surface area (Å²) in [6.07, 6.45) is 3.18. The summed E-state index contributed by atoms with van der Waals surface area (Å²) in [6.45, 7) is 7.91. The number of rotatable bonds is 0. The van der Waals surface area contributed by atoms with Gasteiger partial charge in [-0.2, -0.15) is 5.26 Å². The van der Waals surface area contributed by atoms with Gasteiger partial charge in [0.2, 0.25) is 0 Å². The second-order valence-corrected chi connectivity index (χ2v) is 5.30. The molecule has 3 heteroatoms. The smallest absolute Gasteiger partial charge is 0.171 e. The number of nitriles is 1. The van der Waals surface area contributed by atoms with Crippen molar-refractivity contribution in [1.29, 1.82) is 5.26 Å². The third kappa shape index (κ3) is 1.02. The Morgan fingerprint density at radius 3 is 2.38 bits per heavy atom. The SMILES string of the molecule is CC1(C)C(=O)c2c(C#N)cncc2C1(C)C. The van der Waals surface area contributed by atoms with Crippen molar-refractivity contribution >= 4 is 5.78 Å². The van der Waals surface area contributed by atoms with Gasteiger partial charge in [0.1, 0.15) is 6.07 Å². The van der Waals surface area contributed by atoms with E-state index in [1.54, 1.807) is 6.20 Å². The lowest BCUT2D eigenvalue weighted by Gasteiger charge is -2.33. The molecule has 0 unspecified atom stereocenters. The van der Waals surface area contributed by atoms with Gasteiger partial charge in [0.05, 0.1) is 5.56 Å². The summed E-state index contributed by atoms with van der Waals surface area (Å²) in [5, 5.41) is 9.02. The van der Waals surface area contributed by atoms with Crippen LogP contribution in [0.5, 0.6) is 0 Å². The largest absolute Gasteiger partial charge is 0.293 e. The predicted molar refractivity (Wildman–Crippen MR) is 60.1 cm³/mol. The summed E-state index contributed by atoms with van der Waals surface area (Å²) >= 11 is 0. The molecule has 1 heterocycles. The van der Waals surface area contributed by atoms with E-state index in [1.165, 1.54) is 6.20 Å². The van der Waals surface area contributed by atoms with Crippen molar-refractivity contribution in [3.05, 3.63) is 29.1 Å². The maximum absolute atomic E-state index is 12.3. The fourth-order valence-corrected chi connectivity index (χ4v) is 2.20. The van der Waals surface area contributed by atoms with Crippen LogP contribution in [-0.4, -0.2) is 10.8 Å². The summed E-state index contributed by atoms with van der Waals surface area (Å²) in [7, 11) is 0. The van der Waals surface area contributed by atoms with Crippen LogP contribution in [0.1, 0.15) is 49.2 Å². The quantitative estimate of drug-likeness (QED) is 0.666. The van der Waals surface area contributed by atoms with Crippen LogP contribution in [0, 0.1) is 16.7 Å². The number of hydrogen-bond acceptors (Lipinski definition) is 3. The molecule has 16 heavy (non-hydrogen) atoms. The highest BCUT2D eigenvalue weighted by molar-refractivity contribution is 6.07. The minimum Gasteiger partial charge on any atom is -0.293 e. The van der Waals surface area contributed by atoms with E-state index in [9.17, 15) is 4.79 Å². The first kappa shape index (κ1) is 10.8. The Balaban J connectivity index is 2.83. The Morgan fingerprint density at radius 2 is 1.81 bits per heavy atom. The number of nitrogens with zero attached hydrogens (tertiary/aromatic N) is 2. The molecule has 3 nitrogen and oxygen atoms in total. The molecule has 1 aliphatic rings. The van der Waals surface area contributed by atoms with Crippen LogP contribution in [0.4, 0.5) is 0 Å². The highest BCUT2D eigenvalue weighted by atomic mass is 16.1. The summed E-state index contributed by atoms with van der Waals surface area (Å²) in [4.78, 5) is 16.4. The van der Waals surface area contributed by atoms with Crippen LogP contribution in [0.25, 0.3) is 0 Å². The Morgan fingerprint density at radius 1 is 1.19 bits per heavy atom. The van der Waals surface area contributed by atoms with Crippen LogP contribution < -0.4 is 0 Å². The Labute approximate surface area is 95.1 Å². The van der Waals surface area contributed by atoms with Gasteiger partial charge in [0.15, 0.2) is 5.78 Å². The minimum absolute atomic E-state index is 0.0476. The lowest BCUT2D eigenvalue weighted by Crippen LogP contribution is -2.35. The monoisotopic (exact) mass is 214 g/mol. The fourth-order valence-electron chi connectivity index (χ4n) is 2.20. The molecule has 82 valence electrons. The fraction of sp³-hybridized carbons (Fsp3) is 0.462. The molecule has 2 rings (SSSR count). The zero-order chi connectivity index (χ0) is 12.1. The van der Waals surface area contributed by atoms with Gasteiger partial charge in [0, 0.05) is 28.8 Å². The average molecular weight is 214 g/mol.